The van der Waals surface area contributed by atoms with Crippen LogP contribution in [0.5, 0.6) is 0 Å². The monoisotopic (exact) mass is 419 g/mol. The van der Waals surface area contributed by atoms with Crippen molar-refractivity contribution in [3.63, 3.8) is 0 Å². The molecule has 2 aliphatic rings. The second kappa shape index (κ2) is 8.55. The molecule has 2 heterocycles. The van der Waals surface area contributed by atoms with Crippen LogP contribution in [-0.4, -0.2) is 43.8 Å². The van der Waals surface area contributed by atoms with Gasteiger partial charge in [0.2, 0.25) is 0 Å². The van der Waals surface area contributed by atoms with Crippen molar-refractivity contribution < 1.29 is 22.7 Å². The standard InChI is InChI=1S/C22H24F3N3O2/c23-22(24,25)17-8-9-20(27-11-13-30-14-12-27)18(15-17)26-21(29)28-10-4-7-19(28)16-5-2-1-3-6-16/h1-3,5-6,8-9,15,19H,4,7,10-14H2,(H,26,29). The van der Waals surface area contributed by atoms with Gasteiger partial charge in [0.25, 0.3) is 0 Å². The normalized spacial score (nSPS) is 19.8. The number of rotatable bonds is 3. The number of urea groups is 1. The summed E-state index contributed by atoms with van der Waals surface area (Å²) in [4.78, 5) is 16.7. The summed E-state index contributed by atoms with van der Waals surface area (Å²) in [5, 5.41) is 2.77. The molecular weight excluding hydrogens is 395 g/mol. The first-order valence-electron chi connectivity index (χ1n) is 10.1. The number of nitrogens with zero attached hydrogens (tertiary/aromatic N) is 2. The minimum Gasteiger partial charge on any atom is -0.378 e. The van der Waals surface area contributed by atoms with Gasteiger partial charge in [-0.15, -0.1) is 0 Å². The number of ether oxygens (including phenoxy) is 1. The van der Waals surface area contributed by atoms with Crippen LogP contribution in [0.2, 0.25) is 0 Å². The highest BCUT2D eigenvalue weighted by Crippen LogP contribution is 2.37. The molecule has 2 saturated heterocycles. The average molecular weight is 419 g/mol. The summed E-state index contributed by atoms with van der Waals surface area (Å²) in [5.41, 5.74) is 1.00. The third-order valence-electron chi connectivity index (χ3n) is 5.62. The summed E-state index contributed by atoms with van der Waals surface area (Å²) >= 11 is 0. The summed E-state index contributed by atoms with van der Waals surface area (Å²) in [6.45, 7) is 2.68. The fraction of sp³-hybridized carbons (Fsp3) is 0.409. The van der Waals surface area contributed by atoms with E-state index in [1.165, 1.54) is 6.07 Å². The molecule has 1 N–H and O–H groups in total. The number of amides is 2. The highest BCUT2D eigenvalue weighted by atomic mass is 19.4. The van der Waals surface area contributed by atoms with Crippen molar-refractivity contribution in [2.75, 3.05) is 43.1 Å². The lowest BCUT2D eigenvalue weighted by Gasteiger charge is -2.32. The van der Waals surface area contributed by atoms with Crippen molar-refractivity contribution in [2.45, 2.75) is 25.1 Å². The number of likely N-dealkylation sites (tertiary alicyclic amines) is 1. The van der Waals surface area contributed by atoms with E-state index in [4.69, 9.17) is 4.74 Å². The van der Waals surface area contributed by atoms with E-state index in [0.29, 0.717) is 38.5 Å². The number of anilines is 2. The summed E-state index contributed by atoms with van der Waals surface area (Å²) in [6, 6.07) is 12.8. The Hall–Kier alpha value is -2.74. The van der Waals surface area contributed by atoms with E-state index < -0.39 is 11.7 Å². The van der Waals surface area contributed by atoms with Crippen LogP contribution in [0.15, 0.2) is 48.5 Å². The molecule has 4 rings (SSSR count). The second-order valence-corrected chi connectivity index (χ2v) is 7.52. The smallest absolute Gasteiger partial charge is 0.378 e. The Kier molecular flexibility index (Phi) is 5.85. The molecule has 0 aliphatic carbocycles. The number of alkyl halides is 3. The molecule has 2 amide bonds. The molecule has 2 aromatic rings. The fourth-order valence-corrected chi connectivity index (χ4v) is 4.11. The first-order valence-corrected chi connectivity index (χ1v) is 10.1. The number of hydrogen-bond acceptors (Lipinski definition) is 3. The maximum absolute atomic E-state index is 13.3. The van der Waals surface area contributed by atoms with E-state index in [1.807, 2.05) is 35.2 Å². The van der Waals surface area contributed by atoms with Crippen LogP contribution in [0.25, 0.3) is 0 Å². The van der Waals surface area contributed by atoms with Crippen molar-refractivity contribution in [2.24, 2.45) is 0 Å². The van der Waals surface area contributed by atoms with E-state index >= 15 is 0 Å². The molecule has 5 nitrogen and oxygen atoms in total. The summed E-state index contributed by atoms with van der Waals surface area (Å²) < 4.78 is 45.3. The number of benzene rings is 2. The molecule has 8 heteroatoms. The van der Waals surface area contributed by atoms with E-state index in [0.717, 1.165) is 30.5 Å². The summed E-state index contributed by atoms with van der Waals surface area (Å²) in [6.07, 6.45) is -2.80. The third kappa shape index (κ3) is 4.38. The molecule has 0 aromatic heterocycles. The number of morpholine rings is 1. The molecule has 2 aromatic carbocycles. The maximum Gasteiger partial charge on any atom is 0.416 e. The second-order valence-electron chi connectivity index (χ2n) is 7.52. The number of nitrogens with one attached hydrogen (secondary N) is 1. The number of carbonyl (C=O) groups is 1. The van der Waals surface area contributed by atoms with Gasteiger partial charge in [0.05, 0.1) is 36.2 Å². The molecule has 0 radical (unpaired) electrons. The summed E-state index contributed by atoms with van der Waals surface area (Å²) in [5.74, 6) is 0. The molecule has 160 valence electrons. The summed E-state index contributed by atoms with van der Waals surface area (Å²) in [7, 11) is 0. The highest BCUT2D eigenvalue weighted by molar-refractivity contribution is 5.94. The average Bonchev–Trinajstić information content (AvgIpc) is 3.24. The molecule has 0 bridgehead atoms. The topological polar surface area (TPSA) is 44.8 Å². The zero-order valence-corrected chi connectivity index (χ0v) is 16.5. The molecule has 2 aliphatic heterocycles. The van der Waals surface area contributed by atoms with Crippen LogP contribution in [-0.2, 0) is 10.9 Å². The van der Waals surface area contributed by atoms with Crippen LogP contribution in [0, 0.1) is 0 Å². The first kappa shape index (κ1) is 20.5. The Morgan fingerprint density at radius 2 is 1.77 bits per heavy atom. The lowest BCUT2D eigenvalue weighted by molar-refractivity contribution is -0.137. The van der Waals surface area contributed by atoms with Crippen molar-refractivity contribution in [3.8, 4) is 0 Å². The Morgan fingerprint density at radius 3 is 2.47 bits per heavy atom. The molecule has 1 unspecified atom stereocenters. The van der Waals surface area contributed by atoms with Crippen LogP contribution in [0.4, 0.5) is 29.3 Å². The first-order chi connectivity index (χ1) is 14.4. The van der Waals surface area contributed by atoms with Crippen molar-refractivity contribution in [1.82, 2.24) is 4.90 Å². The van der Waals surface area contributed by atoms with E-state index in [-0.39, 0.29) is 17.8 Å². The Bertz CT molecular complexity index is 883. The van der Waals surface area contributed by atoms with E-state index in [2.05, 4.69) is 5.32 Å². The Labute approximate surface area is 173 Å². The SMILES string of the molecule is O=C(Nc1cc(C(F)(F)F)ccc1N1CCOCC1)N1CCCC1c1ccccc1. The molecule has 1 atom stereocenters. The van der Waals surface area contributed by atoms with Crippen LogP contribution < -0.4 is 10.2 Å². The van der Waals surface area contributed by atoms with Gasteiger partial charge < -0.3 is 19.9 Å². The molecular formula is C22H24F3N3O2. The Morgan fingerprint density at radius 1 is 1.03 bits per heavy atom. The van der Waals surface area contributed by atoms with Crippen molar-refractivity contribution in [1.29, 1.82) is 0 Å². The van der Waals surface area contributed by atoms with Gasteiger partial charge >= 0.3 is 12.2 Å². The van der Waals surface area contributed by atoms with Crippen LogP contribution in [0.1, 0.15) is 30.0 Å². The van der Waals surface area contributed by atoms with Crippen molar-refractivity contribution in [3.05, 3.63) is 59.7 Å². The quantitative estimate of drug-likeness (QED) is 0.769. The maximum atomic E-state index is 13.3. The van der Waals surface area contributed by atoms with Crippen LogP contribution >= 0.6 is 0 Å². The number of halogens is 3. The largest absolute Gasteiger partial charge is 0.416 e. The van der Waals surface area contributed by atoms with Gasteiger partial charge in [-0.1, -0.05) is 30.3 Å². The van der Waals surface area contributed by atoms with Crippen molar-refractivity contribution >= 4 is 17.4 Å². The number of hydrogen-bond donors (Lipinski definition) is 1. The van der Waals surface area contributed by atoms with E-state index in [1.54, 1.807) is 4.90 Å². The van der Waals surface area contributed by atoms with Gasteiger partial charge in [0.15, 0.2) is 0 Å². The van der Waals surface area contributed by atoms with Gasteiger partial charge in [-0.3, -0.25) is 0 Å². The lowest BCUT2D eigenvalue weighted by atomic mass is 10.1. The van der Waals surface area contributed by atoms with Gasteiger partial charge in [0.1, 0.15) is 0 Å². The molecule has 2 fully saturated rings. The Balaban J connectivity index is 1.61. The van der Waals surface area contributed by atoms with Gasteiger partial charge in [-0.2, -0.15) is 13.2 Å². The minimum absolute atomic E-state index is 0.0798. The van der Waals surface area contributed by atoms with Gasteiger partial charge in [-0.05, 0) is 36.6 Å². The van der Waals surface area contributed by atoms with Crippen LogP contribution in [0.3, 0.4) is 0 Å². The zero-order valence-electron chi connectivity index (χ0n) is 16.5. The third-order valence-corrected chi connectivity index (χ3v) is 5.62. The molecule has 0 spiro atoms. The molecule has 0 saturated carbocycles. The fourth-order valence-electron chi connectivity index (χ4n) is 4.11. The van der Waals surface area contributed by atoms with Gasteiger partial charge in [-0.25, -0.2) is 4.79 Å². The van der Waals surface area contributed by atoms with E-state index in [9.17, 15) is 18.0 Å². The lowest BCUT2D eigenvalue weighted by Crippen LogP contribution is -2.38. The zero-order chi connectivity index (χ0) is 21.1. The number of carbonyl (C=O) groups excluding carboxylic acids is 1. The predicted molar refractivity (Wildman–Crippen MR) is 109 cm³/mol. The highest BCUT2D eigenvalue weighted by Gasteiger charge is 2.33. The predicted octanol–water partition coefficient (Wildman–Crippen LogP) is 4.91. The van der Waals surface area contributed by atoms with Gasteiger partial charge in [0, 0.05) is 19.6 Å². The molecule has 30 heavy (non-hydrogen) atoms. The minimum atomic E-state index is -4.48.